The van der Waals surface area contributed by atoms with Gasteiger partial charge in [0, 0.05) is 23.0 Å². The van der Waals surface area contributed by atoms with Crippen LogP contribution in [0.4, 0.5) is 18.9 Å². The molecular formula is C19H16ClF3N2O5. The van der Waals surface area contributed by atoms with Crippen molar-refractivity contribution >= 4 is 35.1 Å². The Hall–Kier alpha value is -2.59. The summed E-state index contributed by atoms with van der Waals surface area (Å²) in [5.41, 5.74) is -2.69. The van der Waals surface area contributed by atoms with Crippen LogP contribution in [0, 0.1) is 17.7 Å². The number of carbonyl (C=O) groups is 3. The molecule has 2 fully saturated rings. The van der Waals surface area contributed by atoms with E-state index in [1.165, 1.54) is 12.1 Å². The Morgan fingerprint density at radius 3 is 2.77 bits per heavy atom. The summed E-state index contributed by atoms with van der Waals surface area (Å²) in [6, 6.07) is 0.755. The Kier molecular flexibility index (Phi) is 4.62. The summed E-state index contributed by atoms with van der Waals surface area (Å²) in [6.45, 7) is 2.14. The smallest absolute Gasteiger partial charge is 0.313 e. The van der Waals surface area contributed by atoms with Crippen molar-refractivity contribution in [2.24, 2.45) is 11.8 Å². The van der Waals surface area contributed by atoms with Crippen molar-refractivity contribution < 1.29 is 37.4 Å². The van der Waals surface area contributed by atoms with E-state index in [9.17, 15) is 32.7 Å². The number of anilines is 1. The van der Waals surface area contributed by atoms with Crippen molar-refractivity contribution in [1.29, 1.82) is 0 Å². The zero-order chi connectivity index (χ0) is 22.0. The van der Waals surface area contributed by atoms with E-state index in [4.69, 9.17) is 16.3 Å². The van der Waals surface area contributed by atoms with Crippen molar-refractivity contribution in [1.82, 2.24) is 4.90 Å². The van der Waals surface area contributed by atoms with Crippen LogP contribution >= 0.6 is 11.6 Å². The van der Waals surface area contributed by atoms with Gasteiger partial charge in [-0.2, -0.15) is 0 Å². The third kappa shape index (κ3) is 2.66. The number of aliphatic carboxylic acids is 1. The molecule has 4 atom stereocenters. The van der Waals surface area contributed by atoms with Gasteiger partial charge in [0.25, 0.3) is 11.8 Å². The first-order valence-corrected chi connectivity index (χ1v) is 9.38. The zero-order valence-electron chi connectivity index (χ0n) is 15.3. The molecule has 0 aliphatic carbocycles. The highest BCUT2D eigenvalue weighted by Crippen LogP contribution is 2.60. The maximum absolute atomic E-state index is 14.5. The van der Waals surface area contributed by atoms with E-state index < -0.39 is 66.0 Å². The summed E-state index contributed by atoms with van der Waals surface area (Å²) in [6.07, 6.45) is 0.367. The summed E-state index contributed by atoms with van der Waals surface area (Å²) in [7, 11) is 0. The van der Waals surface area contributed by atoms with Crippen LogP contribution in [0.5, 0.6) is 0 Å². The number of fused-ring (bicyclic) bond motifs is 4. The number of carboxylic acid groups (broad SMARTS) is 1. The molecule has 0 bridgehead atoms. The lowest BCUT2D eigenvalue weighted by Crippen LogP contribution is -2.54. The number of alkyl halides is 2. The summed E-state index contributed by atoms with van der Waals surface area (Å²) in [5, 5.41) is 12.0. The average molecular weight is 445 g/mol. The average Bonchev–Trinajstić information content (AvgIpc) is 3.20. The fraction of sp³-hybridized carbons (Fsp3) is 0.421. The SMILES string of the molecule is C=CCOC(=O)[C@H]1[C@@H](C(=O)O)[C@H]2CC(F)(F)CN2[C@]12C(=O)Nc1c(F)cc(Cl)cc12. The largest absolute Gasteiger partial charge is 0.481 e. The first-order chi connectivity index (χ1) is 14.0. The zero-order valence-corrected chi connectivity index (χ0v) is 16.1. The highest BCUT2D eigenvalue weighted by Gasteiger charge is 2.75. The molecule has 7 nitrogen and oxygen atoms in total. The van der Waals surface area contributed by atoms with Crippen molar-refractivity contribution in [3.8, 4) is 0 Å². The first-order valence-electron chi connectivity index (χ1n) is 9.00. The molecule has 11 heteroatoms. The molecule has 0 unspecified atom stereocenters. The van der Waals surface area contributed by atoms with E-state index in [0.29, 0.717) is 0 Å². The number of ether oxygens (including phenoxy) is 1. The third-order valence-corrected chi connectivity index (χ3v) is 6.14. The van der Waals surface area contributed by atoms with Gasteiger partial charge in [-0.05, 0) is 12.1 Å². The maximum Gasteiger partial charge on any atom is 0.313 e. The molecule has 0 aromatic heterocycles. The number of halogens is 4. The van der Waals surface area contributed by atoms with Gasteiger partial charge in [-0.15, -0.1) is 0 Å². The Balaban J connectivity index is 1.99. The molecular weight excluding hydrogens is 429 g/mol. The molecule has 30 heavy (non-hydrogen) atoms. The van der Waals surface area contributed by atoms with Gasteiger partial charge in [0.1, 0.15) is 23.9 Å². The van der Waals surface area contributed by atoms with Gasteiger partial charge < -0.3 is 15.2 Å². The van der Waals surface area contributed by atoms with Crippen LogP contribution in [0.15, 0.2) is 24.8 Å². The fourth-order valence-electron chi connectivity index (χ4n) is 5.00. The van der Waals surface area contributed by atoms with E-state index in [-0.39, 0.29) is 22.9 Å². The van der Waals surface area contributed by atoms with Crippen LogP contribution in [0.2, 0.25) is 5.02 Å². The van der Waals surface area contributed by atoms with Crippen molar-refractivity contribution in [2.45, 2.75) is 23.9 Å². The first kappa shape index (κ1) is 20.7. The lowest BCUT2D eigenvalue weighted by molar-refractivity contribution is -0.161. The maximum atomic E-state index is 14.5. The van der Waals surface area contributed by atoms with Crippen LogP contribution in [0.3, 0.4) is 0 Å². The number of benzene rings is 1. The lowest BCUT2D eigenvalue weighted by atomic mass is 9.74. The number of amides is 1. The van der Waals surface area contributed by atoms with Gasteiger partial charge in [-0.1, -0.05) is 24.3 Å². The molecule has 2 saturated heterocycles. The molecule has 0 saturated carbocycles. The second-order valence-corrected chi connectivity index (χ2v) is 7.98. The summed E-state index contributed by atoms with van der Waals surface area (Å²) in [4.78, 5) is 39.2. The second kappa shape index (κ2) is 6.71. The van der Waals surface area contributed by atoms with Crippen molar-refractivity contribution in [3.63, 3.8) is 0 Å². The van der Waals surface area contributed by atoms with Crippen molar-refractivity contribution in [3.05, 3.63) is 41.2 Å². The van der Waals surface area contributed by atoms with Crippen LogP contribution in [0.25, 0.3) is 0 Å². The van der Waals surface area contributed by atoms with Gasteiger partial charge in [-0.3, -0.25) is 19.3 Å². The predicted octanol–water partition coefficient (Wildman–Crippen LogP) is 2.40. The molecule has 4 rings (SSSR count). The number of carbonyl (C=O) groups excluding carboxylic acids is 2. The van der Waals surface area contributed by atoms with Gasteiger partial charge in [0.05, 0.1) is 18.2 Å². The summed E-state index contributed by atoms with van der Waals surface area (Å²) < 4.78 is 48.2. The van der Waals surface area contributed by atoms with E-state index in [0.717, 1.165) is 11.0 Å². The van der Waals surface area contributed by atoms with Crippen molar-refractivity contribution in [2.75, 3.05) is 18.5 Å². The predicted molar refractivity (Wildman–Crippen MR) is 97.5 cm³/mol. The Morgan fingerprint density at radius 2 is 2.13 bits per heavy atom. The lowest BCUT2D eigenvalue weighted by Gasteiger charge is -2.36. The molecule has 2 N–H and O–H groups in total. The minimum Gasteiger partial charge on any atom is -0.481 e. The number of rotatable bonds is 4. The van der Waals surface area contributed by atoms with Crippen LogP contribution in [-0.4, -0.2) is 53.0 Å². The third-order valence-electron chi connectivity index (χ3n) is 5.92. The number of esters is 1. The normalized spacial score (nSPS) is 31.3. The quantitative estimate of drug-likeness (QED) is 0.547. The molecule has 160 valence electrons. The van der Waals surface area contributed by atoms with Gasteiger partial charge in [0.15, 0.2) is 0 Å². The molecule has 3 aliphatic rings. The monoisotopic (exact) mass is 444 g/mol. The van der Waals surface area contributed by atoms with Gasteiger partial charge >= 0.3 is 11.9 Å². The molecule has 1 aromatic carbocycles. The molecule has 0 radical (unpaired) electrons. The topological polar surface area (TPSA) is 95.9 Å². The number of nitrogens with one attached hydrogen (secondary N) is 1. The summed E-state index contributed by atoms with van der Waals surface area (Å²) >= 11 is 5.96. The van der Waals surface area contributed by atoms with E-state index in [1.807, 2.05) is 0 Å². The Bertz CT molecular complexity index is 987. The highest BCUT2D eigenvalue weighted by atomic mass is 35.5. The fourth-order valence-corrected chi connectivity index (χ4v) is 5.20. The minimum absolute atomic E-state index is 0.137. The second-order valence-electron chi connectivity index (χ2n) is 7.55. The van der Waals surface area contributed by atoms with Gasteiger partial charge in [-0.25, -0.2) is 13.2 Å². The molecule has 3 heterocycles. The summed E-state index contributed by atoms with van der Waals surface area (Å²) in [5.74, 6) is -11.2. The molecule has 1 amide bonds. The van der Waals surface area contributed by atoms with E-state index in [2.05, 4.69) is 11.9 Å². The number of carboxylic acids is 1. The molecule has 1 aromatic rings. The number of hydrogen-bond donors (Lipinski definition) is 2. The van der Waals surface area contributed by atoms with E-state index >= 15 is 0 Å². The minimum atomic E-state index is -3.30. The van der Waals surface area contributed by atoms with Gasteiger partial charge in [0.2, 0.25) is 0 Å². The molecule has 1 spiro atoms. The molecule has 3 aliphatic heterocycles. The number of hydrogen-bond acceptors (Lipinski definition) is 5. The number of nitrogens with zero attached hydrogens (tertiary/aromatic N) is 1. The highest BCUT2D eigenvalue weighted by molar-refractivity contribution is 6.31. The van der Waals surface area contributed by atoms with Crippen LogP contribution in [0.1, 0.15) is 12.0 Å². The Morgan fingerprint density at radius 1 is 1.43 bits per heavy atom. The Labute approximate surface area is 173 Å². The standard InChI is InChI=1S/C19H16ClF3N2O5/c1-2-3-30-16(28)13-12(15(26)27)11-6-18(22,23)7-25(11)19(13)9-4-8(20)5-10(21)14(9)24-17(19)29/h2,4-5,11-13H,1,3,6-7H2,(H,24,29)(H,26,27)/t11-,12+,13-,19+/m1/s1. The van der Waals surface area contributed by atoms with Crippen LogP contribution < -0.4 is 5.32 Å². The van der Waals surface area contributed by atoms with E-state index in [1.54, 1.807) is 0 Å². The van der Waals surface area contributed by atoms with Crippen LogP contribution in [-0.2, 0) is 24.7 Å².